The van der Waals surface area contributed by atoms with E-state index in [0.29, 0.717) is 18.8 Å². The molecule has 5 heteroatoms. The van der Waals surface area contributed by atoms with Gasteiger partial charge in [0.2, 0.25) is 5.91 Å². The molecule has 0 bridgehead atoms. The summed E-state index contributed by atoms with van der Waals surface area (Å²) in [6.07, 6.45) is 7.28. The summed E-state index contributed by atoms with van der Waals surface area (Å²) in [7, 11) is 0. The zero-order valence-corrected chi connectivity index (χ0v) is 13.9. The van der Waals surface area contributed by atoms with Crippen LogP contribution in [0.1, 0.15) is 24.1 Å². The van der Waals surface area contributed by atoms with Crippen molar-refractivity contribution in [1.82, 2.24) is 20.2 Å². The quantitative estimate of drug-likeness (QED) is 0.847. The van der Waals surface area contributed by atoms with Crippen molar-refractivity contribution in [3.63, 3.8) is 0 Å². The van der Waals surface area contributed by atoms with Crippen molar-refractivity contribution in [1.29, 1.82) is 0 Å². The first-order valence-corrected chi connectivity index (χ1v) is 8.57. The van der Waals surface area contributed by atoms with Gasteiger partial charge in [0.1, 0.15) is 0 Å². The normalized spacial score (nSPS) is 17.8. The fraction of sp³-hybridized carbons (Fsp3) is 0.421. The van der Waals surface area contributed by atoms with E-state index < -0.39 is 0 Å². The molecule has 1 fully saturated rings. The van der Waals surface area contributed by atoms with Gasteiger partial charge >= 0.3 is 0 Å². The summed E-state index contributed by atoms with van der Waals surface area (Å²) in [5, 5.41) is 3.07. The van der Waals surface area contributed by atoms with Gasteiger partial charge in [-0.05, 0) is 30.9 Å². The maximum absolute atomic E-state index is 12.0. The maximum Gasteiger partial charge on any atom is 0.220 e. The molecule has 2 aromatic rings. The molecular weight excluding hydrogens is 300 g/mol. The van der Waals surface area contributed by atoms with Crippen LogP contribution in [-0.2, 0) is 17.8 Å². The van der Waals surface area contributed by atoms with Crippen LogP contribution in [0.15, 0.2) is 48.9 Å². The Labute approximate surface area is 143 Å². The summed E-state index contributed by atoms with van der Waals surface area (Å²) in [6.45, 7) is 3.93. The molecule has 1 aromatic carbocycles. The first-order chi connectivity index (χ1) is 11.8. The summed E-state index contributed by atoms with van der Waals surface area (Å²) in [4.78, 5) is 22.6. The Kier molecular flexibility index (Phi) is 5.90. The lowest BCUT2D eigenvalue weighted by Crippen LogP contribution is -2.31. The molecule has 1 aliphatic heterocycles. The lowest BCUT2D eigenvalue weighted by atomic mass is 10.1. The number of carbonyl (C=O) groups is 1. The molecule has 1 N–H and O–H groups in total. The second-order valence-corrected chi connectivity index (χ2v) is 6.38. The van der Waals surface area contributed by atoms with Gasteiger partial charge in [-0.1, -0.05) is 30.3 Å². The van der Waals surface area contributed by atoms with Crippen LogP contribution < -0.4 is 5.32 Å². The number of nitrogens with one attached hydrogen (secondary N) is 1. The van der Waals surface area contributed by atoms with Crippen molar-refractivity contribution in [3.05, 3.63) is 60.2 Å². The minimum Gasteiger partial charge on any atom is -0.356 e. The molecule has 1 atom stereocenters. The van der Waals surface area contributed by atoms with E-state index in [9.17, 15) is 4.79 Å². The van der Waals surface area contributed by atoms with Gasteiger partial charge in [0.25, 0.3) is 0 Å². The molecule has 0 aliphatic carbocycles. The number of amides is 1. The van der Waals surface area contributed by atoms with Gasteiger partial charge in [-0.25, -0.2) is 0 Å². The third kappa shape index (κ3) is 5.13. The highest BCUT2D eigenvalue weighted by Gasteiger charge is 2.22. The zero-order valence-electron chi connectivity index (χ0n) is 13.9. The monoisotopic (exact) mass is 324 g/mol. The molecule has 1 amide bonds. The van der Waals surface area contributed by atoms with E-state index in [1.54, 1.807) is 18.6 Å². The number of likely N-dealkylation sites (tertiary alicyclic amines) is 1. The molecule has 2 heterocycles. The summed E-state index contributed by atoms with van der Waals surface area (Å²) >= 11 is 0. The van der Waals surface area contributed by atoms with Gasteiger partial charge in [0.05, 0.1) is 5.69 Å². The molecular formula is C19H24N4O. The third-order valence-corrected chi connectivity index (χ3v) is 4.43. The predicted molar refractivity (Wildman–Crippen MR) is 93.2 cm³/mol. The molecule has 126 valence electrons. The average molecular weight is 324 g/mol. The highest BCUT2D eigenvalue weighted by Crippen LogP contribution is 2.18. The average Bonchev–Trinajstić information content (AvgIpc) is 3.07. The van der Waals surface area contributed by atoms with E-state index in [1.807, 2.05) is 6.07 Å². The van der Waals surface area contributed by atoms with Crippen LogP contribution in [-0.4, -0.2) is 40.4 Å². The number of carbonyl (C=O) groups excluding carboxylic acids is 1. The molecule has 0 spiro atoms. The molecule has 0 unspecified atom stereocenters. The van der Waals surface area contributed by atoms with Crippen molar-refractivity contribution in [2.24, 2.45) is 5.92 Å². The Morgan fingerprint density at radius 1 is 1.25 bits per heavy atom. The maximum atomic E-state index is 12.0. The van der Waals surface area contributed by atoms with Crippen LogP contribution in [0.5, 0.6) is 0 Å². The SMILES string of the molecule is O=C(CCc1cnccn1)NC[C@@H]1CCN(Cc2ccccc2)C1. The highest BCUT2D eigenvalue weighted by atomic mass is 16.1. The number of aryl methyl sites for hydroxylation is 1. The Balaban J connectivity index is 1.34. The molecule has 24 heavy (non-hydrogen) atoms. The fourth-order valence-electron chi connectivity index (χ4n) is 3.11. The van der Waals surface area contributed by atoms with E-state index in [2.05, 4.69) is 44.5 Å². The van der Waals surface area contributed by atoms with Gasteiger partial charge < -0.3 is 5.32 Å². The predicted octanol–water partition coefficient (Wildman–Crippen LogP) is 2.05. The summed E-state index contributed by atoms with van der Waals surface area (Å²) in [6, 6.07) is 10.6. The number of rotatable bonds is 7. The van der Waals surface area contributed by atoms with E-state index in [1.165, 1.54) is 5.56 Å². The van der Waals surface area contributed by atoms with Gasteiger partial charge in [0.15, 0.2) is 0 Å². The van der Waals surface area contributed by atoms with Crippen molar-refractivity contribution >= 4 is 5.91 Å². The van der Waals surface area contributed by atoms with Crippen molar-refractivity contribution < 1.29 is 4.79 Å². The lowest BCUT2D eigenvalue weighted by molar-refractivity contribution is -0.121. The molecule has 0 radical (unpaired) electrons. The number of hydrogen-bond donors (Lipinski definition) is 1. The smallest absolute Gasteiger partial charge is 0.220 e. The van der Waals surface area contributed by atoms with Crippen LogP contribution in [0.4, 0.5) is 0 Å². The van der Waals surface area contributed by atoms with E-state index in [4.69, 9.17) is 0 Å². The third-order valence-electron chi connectivity index (χ3n) is 4.43. The molecule has 5 nitrogen and oxygen atoms in total. The summed E-state index contributed by atoms with van der Waals surface area (Å²) in [5.41, 5.74) is 2.22. The van der Waals surface area contributed by atoms with Crippen LogP contribution in [0.25, 0.3) is 0 Å². The Morgan fingerprint density at radius 3 is 2.92 bits per heavy atom. The number of benzene rings is 1. The van der Waals surface area contributed by atoms with Gasteiger partial charge in [0, 0.05) is 44.6 Å². The Hall–Kier alpha value is -2.27. The van der Waals surface area contributed by atoms with Crippen molar-refractivity contribution in [3.8, 4) is 0 Å². The Bertz CT molecular complexity index is 632. The van der Waals surface area contributed by atoms with Crippen LogP contribution >= 0.6 is 0 Å². The molecule has 0 saturated carbocycles. The number of aromatic nitrogens is 2. The van der Waals surface area contributed by atoms with E-state index in [-0.39, 0.29) is 5.91 Å². The number of nitrogens with zero attached hydrogens (tertiary/aromatic N) is 3. The molecule has 1 aromatic heterocycles. The van der Waals surface area contributed by atoms with Crippen LogP contribution in [0.2, 0.25) is 0 Å². The minimum atomic E-state index is 0.0992. The molecule has 1 aliphatic rings. The zero-order chi connectivity index (χ0) is 16.6. The first kappa shape index (κ1) is 16.6. The summed E-state index contributed by atoms with van der Waals surface area (Å²) < 4.78 is 0. The van der Waals surface area contributed by atoms with Crippen LogP contribution in [0.3, 0.4) is 0 Å². The number of hydrogen-bond acceptors (Lipinski definition) is 4. The van der Waals surface area contributed by atoms with Crippen molar-refractivity contribution in [2.45, 2.75) is 25.8 Å². The second kappa shape index (κ2) is 8.55. The standard InChI is InChI=1S/C19H24N4O/c24-19(7-6-18-13-20-9-10-21-18)22-12-17-8-11-23(15-17)14-16-4-2-1-3-5-16/h1-5,9-10,13,17H,6-8,11-12,14-15H2,(H,22,24)/t17-/m0/s1. The summed E-state index contributed by atoms with van der Waals surface area (Å²) in [5.74, 6) is 0.649. The second-order valence-electron chi connectivity index (χ2n) is 6.38. The van der Waals surface area contributed by atoms with Gasteiger partial charge in [-0.3, -0.25) is 19.7 Å². The minimum absolute atomic E-state index is 0.0992. The molecule has 3 rings (SSSR count). The topological polar surface area (TPSA) is 58.1 Å². The Morgan fingerprint density at radius 2 is 2.12 bits per heavy atom. The van der Waals surface area contributed by atoms with Crippen molar-refractivity contribution in [2.75, 3.05) is 19.6 Å². The van der Waals surface area contributed by atoms with E-state index in [0.717, 1.165) is 38.3 Å². The van der Waals surface area contributed by atoms with Gasteiger partial charge in [-0.15, -0.1) is 0 Å². The lowest BCUT2D eigenvalue weighted by Gasteiger charge is -2.16. The van der Waals surface area contributed by atoms with E-state index >= 15 is 0 Å². The molecule has 1 saturated heterocycles. The van der Waals surface area contributed by atoms with Gasteiger partial charge in [-0.2, -0.15) is 0 Å². The first-order valence-electron chi connectivity index (χ1n) is 8.57. The highest BCUT2D eigenvalue weighted by molar-refractivity contribution is 5.76. The largest absolute Gasteiger partial charge is 0.356 e. The fourth-order valence-corrected chi connectivity index (χ4v) is 3.11. The van der Waals surface area contributed by atoms with Crippen LogP contribution in [0, 0.1) is 5.92 Å².